The zero-order chi connectivity index (χ0) is 18.2. The summed E-state index contributed by atoms with van der Waals surface area (Å²) >= 11 is 2.02. The normalized spacial score (nSPS) is 20.5. The second-order valence-electron chi connectivity index (χ2n) is 5.53. The molecule has 130 valence electrons. The van der Waals surface area contributed by atoms with E-state index in [1.165, 1.54) is 12.1 Å². The van der Waals surface area contributed by atoms with Crippen molar-refractivity contribution >= 4 is 34.2 Å². The maximum absolute atomic E-state index is 13.5. The summed E-state index contributed by atoms with van der Waals surface area (Å²) in [6, 6.07) is 14.2. The van der Waals surface area contributed by atoms with Crippen LogP contribution >= 0.6 is 22.6 Å². The lowest BCUT2D eigenvalue weighted by Crippen LogP contribution is -2.56. The van der Waals surface area contributed by atoms with Crippen LogP contribution in [0, 0.1) is 3.57 Å². The van der Waals surface area contributed by atoms with Crippen molar-refractivity contribution in [2.75, 3.05) is 0 Å². The Kier molecular flexibility index (Phi) is 4.58. The molecular weight excluding hydrogens is 448 g/mol. The largest absolute Gasteiger partial charge is 0.438 e. The Morgan fingerprint density at radius 1 is 1.12 bits per heavy atom. The highest BCUT2D eigenvalue weighted by atomic mass is 127. The predicted molar refractivity (Wildman–Crippen MR) is 93.9 cm³/mol. The fraction of sp³-hybridized carbons (Fsp3) is 0.176. The average Bonchev–Trinajstić information content (AvgIpc) is 2.95. The number of alkyl halides is 3. The summed E-state index contributed by atoms with van der Waals surface area (Å²) in [6.07, 6.45) is -5.87. The first-order valence-corrected chi connectivity index (χ1v) is 8.32. The summed E-state index contributed by atoms with van der Waals surface area (Å²) in [6.45, 7) is 0. The SMILES string of the molecule is O=C(c1ccc(I)cc1)N1N=C(c2ccccc2)C[C@@]1(O)C(F)(F)F. The van der Waals surface area contributed by atoms with Crippen molar-refractivity contribution in [3.63, 3.8) is 0 Å². The zero-order valence-corrected chi connectivity index (χ0v) is 14.8. The van der Waals surface area contributed by atoms with Gasteiger partial charge in [0, 0.05) is 9.13 Å². The van der Waals surface area contributed by atoms with Crippen molar-refractivity contribution in [3.8, 4) is 0 Å². The van der Waals surface area contributed by atoms with Gasteiger partial charge in [-0.15, -0.1) is 0 Å². The lowest BCUT2D eigenvalue weighted by molar-refractivity contribution is -0.297. The van der Waals surface area contributed by atoms with Crippen LogP contribution in [0.5, 0.6) is 0 Å². The topological polar surface area (TPSA) is 52.9 Å². The van der Waals surface area contributed by atoms with Crippen LogP contribution in [0.1, 0.15) is 22.3 Å². The average molecular weight is 460 g/mol. The highest BCUT2D eigenvalue weighted by Gasteiger charge is 2.63. The summed E-state index contributed by atoms with van der Waals surface area (Å²) in [5, 5.41) is 14.2. The number of hydrogen-bond acceptors (Lipinski definition) is 3. The molecule has 4 nitrogen and oxygen atoms in total. The van der Waals surface area contributed by atoms with Crippen molar-refractivity contribution in [2.24, 2.45) is 5.10 Å². The number of carbonyl (C=O) groups is 1. The molecule has 1 N–H and O–H groups in total. The van der Waals surface area contributed by atoms with E-state index in [0.717, 1.165) is 3.57 Å². The molecule has 0 saturated carbocycles. The first-order valence-electron chi connectivity index (χ1n) is 7.24. The Hall–Kier alpha value is -1.94. The van der Waals surface area contributed by atoms with E-state index in [9.17, 15) is 23.1 Å². The lowest BCUT2D eigenvalue weighted by Gasteiger charge is -2.32. The number of halogens is 4. The second kappa shape index (κ2) is 6.41. The van der Waals surface area contributed by atoms with Crippen molar-refractivity contribution in [1.82, 2.24) is 5.01 Å². The van der Waals surface area contributed by atoms with E-state index in [1.54, 1.807) is 42.5 Å². The number of benzene rings is 2. The fourth-order valence-corrected chi connectivity index (χ4v) is 2.85. The standard InChI is InChI=1S/C17H12F3IN2O2/c18-17(19,20)16(25)10-14(11-4-2-1-3-5-11)22-23(16)15(24)12-6-8-13(21)9-7-12/h1-9,25H,10H2/t16-/m1/s1. The predicted octanol–water partition coefficient (Wildman–Crippen LogP) is 3.79. The van der Waals surface area contributed by atoms with Gasteiger partial charge in [-0.2, -0.15) is 23.3 Å². The number of carbonyl (C=O) groups excluding carboxylic acids is 1. The molecule has 0 radical (unpaired) electrons. The van der Waals surface area contributed by atoms with Crippen LogP contribution in [-0.4, -0.2) is 33.6 Å². The van der Waals surface area contributed by atoms with Gasteiger partial charge in [-0.05, 0) is 52.4 Å². The molecule has 8 heteroatoms. The van der Waals surface area contributed by atoms with Gasteiger partial charge >= 0.3 is 6.18 Å². The van der Waals surface area contributed by atoms with Gasteiger partial charge in [0.1, 0.15) is 0 Å². The zero-order valence-electron chi connectivity index (χ0n) is 12.7. The van der Waals surface area contributed by atoms with Gasteiger partial charge < -0.3 is 5.11 Å². The van der Waals surface area contributed by atoms with Crippen LogP contribution < -0.4 is 0 Å². The molecular formula is C17H12F3IN2O2. The minimum atomic E-state index is -5.05. The number of nitrogens with zero attached hydrogens (tertiary/aromatic N) is 2. The first-order chi connectivity index (χ1) is 11.7. The van der Waals surface area contributed by atoms with Gasteiger partial charge in [-0.3, -0.25) is 4.79 Å². The number of amides is 1. The quantitative estimate of drug-likeness (QED) is 0.694. The smallest absolute Gasteiger partial charge is 0.362 e. The molecule has 1 atom stereocenters. The molecule has 0 spiro atoms. The third-order valence-electron chi connectivity index (χ3n) is 3.83. The van der Waals surface area contributed by atoms with E-state index >= 15 is 0 Å². The molecule has 0 aliphatic carbocycles. The summed E-state index contributed by atoms with van der Waals surface area (Å²) in [5.41, 5.74) is -2.94. The van der Waals surface area contributed by atoms with Gasteiger partial charge in [0.05, 0.1) is 12.1 Å². The van der Waals surface area contributed by atoms with Gasteiger partial charge in [0.25, 0.3) is 11.6 Å². The second-order valence-corrected chi connectivity index (χ2v) is 6.77. The number of hydrazone groups is 1. The molecule has 0 fully saturated rings. The van der Waals surface area contributed by atoms with Crippen LogP contribution in [0.2, 0.25) is 0 Å². The lowest BCUT2D eigenvalue weighted by atomic mass is 10.0. The first kappa shape index (κ1) is 17.9. The van der Waals surface area contributed by atoms with Crippen molar-refractivity contribution < 1.29 is 23.1 Å². The van der Waals surface area contributed by atoms with Crippen LogP contribution in [0.4, 0.5) is 13.2 Å². The Labute approximate surface area is 155 Å². The van der Waals surface area contributed by atoms with Crippen LogP contribution in [0.15, 0.2) is 59.7 Å². The van der Waals surface area contributed by atoms with Gasteiger partial charge in [0.15, 0.2) is 0 Å². The van der Waals surface area contributed by atoms with E-state index in [1.807, 2.05) is 22.6 Å². The molecule has 0 unspecified atom stereocenters. The van der Waals surface area contributed by atoms with E-state index in [2.05, 4.69) is 5.10 Å². The minimum Gasteiger partial charge on any atom is -0.362 e. The summed E-state index contributed by atoms with van der Waals surface area (Å²) in [7, 11) is 0. The highest BCUT2D eigenvalue weighted by molar-refractivity contribution is 14.1. The molecule has 0 aromatic heterocycles. The van der Waals surface area contributed by atoms with E-state index < -0.39 is 24.2 Å². The Bertz CT molecular complexity index is 822. The van der Waals surface area contributed by atoms with Crippen molar-refractivity contribution in [3.05, 3.63) is 69.3 Å². The molecule has 0 saturated heterocycles. The minimum absolute atomic E-state index is 0.000660. The summed E-state index contributed by atoms with van der Waals surface area (Å²) < 4.78 is 41.3. The van der Waals surface area contributed by atoms with Crippen molar-refractivity contribution in [2.45, 2.75) is 18.3 Å². The highest BCUT2D eigenvalue weighted by Crippen LogP contribution is 2.41. The molecule has 0 bridgehead atoms. The Morgan fingerprint density at radius 2 is 1.72 bits per heavy atom. The fourth-order valence-electron chi connectivity index (χ4n) is 2.49. The maximum Gasteiger partial charge on any atom is 0.438 e. The molecule has 25 heavy (non-hydrogen) atoms. The molecule has 2 aromatic rings. The van der Waals surface area contributed by atoms with Gasteiger partial charge in [0.2, 0.25) is 0 Å². The Balaban J connectivity index is 2.04. The number of hydrogen-bond donors (Lipinski definition) is 1. The molecule has 1 aliphatic rings. The van der Waals surface area contributed by atoms with E-state index in [0.29, 0.717) is 5.56 Å². The molecule has 1 heterocycles. The van der Waals surface area contributed by atoms with Crippen LogP contribution in [0.3, 0.4) is 0 Å². The monoisotopic (exact) mass is 460 g/mol. The van der Waals surface area contributed by atoms with Crippen LogP contribution in [-0.2, 0) is 0 Å². The van der Waals surface area contributed by atoms with E-state index in [-0.39, 0.29) is 16.3 Å². The molecule has 2 aromatic carbocycles. The maximum atomic E-state index is 13.5. The molecule has 1 amide bonds. The third-order valence-corrected chi connectivity index (χ3v) is 4.55. The van der Waals surface area contributed by atoms with E-state index in [4.69, 9.17) is 0 Å². The number of aliphatic hydroxyl groups is 1. The summed E-state index contributed by atoms with van der Waals surface area (Å²) in [5.74, 6) is -1.01. The Morgan fingerprint density at radius 3 is 2.28 bits per heavy atom. The number of rotatable bonds is 2. The van der Waals surface area contributed by atoms with Gasteiger partial charge in [-0.25, -0.2) is 0 Å². The third kappa shape index (κ3) is 3.28. The van der Waals surface area contributed by atoms with Gasteiger partial charge in [-0.1, -0.05) is 30.3 Å². The molecule has 1 aliphatic heterocycles. The molecule has 3 rings (SSSR count). The summed E-state index contributed by atoms with van der Waals surface area (Å²) in [4.78, 5) is 12.6. The van der Waals surface area contributed by atoms with Crippen molar-refractivity contribution in [1.29, 1.82) is 0 Å². The van der Waals surface area contributed by atoms with Crippen LogP contribution in [0.25, 0.3) is 0 Å².